The summed E-state index contributed by atoms with van der Waals surface area (Å²) in [6.07, 6.45) is 2.23. The zero-order chi connectivity index (χ0) is 13.8. The summed E-state index contributed by atoms with van der Waals surface area (Å²) in [6.45, 7) is 4.26. The quantitative estimate of drug-likeness (QED) is 0.792. The second-order valence-electron chi connectivity index (χ2n) is 5.16. The van der Waals surface area contributed by atoms with Crippen LogP contribution < -0.4 is 4.90 Å². The van der Waals surface area contributed by atoms with Crippen molar-refractivity contribution in [2.45, 2.75) is 19.8 Å². The maximum Gasteiger partial charge on any atom is 0.161 e. The van der Waals surface area contributed by atoms with Gasteiger partial charge >= 0.3 is 0 Å². The Kier molecular flexibility index (Phi) is 4.83. The van der Waals surface area contributed by atoms with Crippen LogP contribution in [0.5, 0.6) is 0 Å². The predicted molar refractivity (Wildman–Crippen MR) is 78.3 cm³/mol. The molecule has 0 atom stereocenters. The molecule has 104 valence electrons. The summed E-state index contributed by atoms with van der Waals surface area (Å²) in [5, 5.41) is 0.531. The largest absolute Gasteiger partial charge is 0.381 e. The van der Waals surface area contributed by atoms with E-state index >= 15 is 0 Å². The highest BCUT2D eigenvalue weighted by atomic mass is 35.5. The van der Waals surface area contributed by atoms with Gasteiger partial charge in [0.25, 0.3) is 0 Å². The average Bonchev–Trinajstić information content (AvgIpc) is 2.39. The molecule has 1 aromatic rings. The van der Waals surface area contributed by atoms with Crippen molar-refractivity contribution in [2.75, 3.05) is 31.7 Å². The third-order valence-corrected chi connectivity index (χ3v) is 3.96. The van der Waals surface area contributed by atoms with Crippen LogP contribution in [0.15, 0.2) is 18.2 Å². The van der Waals surface area contributed by atoms with E-state index in [2.05, 4.69) is 11.9 Å². The molecule has 0 radical (unpaired) electrons. The fourth-order valence-electron chi connectivity index (χ4n) is 2.45. The average molecular weight is 282 g/mol. The molecule has 19 heavy (non-hydrogen) atoms. The van der Waals surface area contributed by atoms with Crippen molar-refractivity contribution in [1.82, 2.24) is 0 Å². The fourth-order valence-corrected chi connectivity index (χ4v) is 2.76. The summed E-state index contributed by atoms with van der Waals surface area (Å²) in [7, 11) is 2.06. The first-order valence-electron chi connectivity index (χ1n) is 6.67. The first-order valence-corrected chi connectivity index (χ1v) is 7.05. The maximum absolute atomic E-state index is 11.4. The highest BCUT2D eigenvalue weighted by Crippen LogP contribution is 2.25. The van der Waals surface area contributed by atoms with Crippen LogP contribution in [0.3, 0.4) is 0 Å². The highest BCUT2D eigenvalue weighted by molar-refractivity contribution is 6.34. The Bertz CT molecular complexity index is 455. The third-order valence-electron chi connectivity index (χ3n) is 3.65. The van der Waals surface area contributed by atoms with Gasteiger partial charge in [0.2, 0.25) is 0 Å². The minimum absolute atomic E-state index is 0.00336. The van der Waals surface area contributed by atoms with Gasteiger partial charge in [0.15, 0.2) is 5.78 Å². The molecule has 4 heteroatoms. The lowest BCUT2D eigenvalue weighted by Crippen LogP contribution is -2.29. The zero-order valence-corrected chi connectivity index (χ0v) is 12.2. The number of hydrogen-bond donors (Lipinski definition) is 0. The lowest BCUT2D eigenvalue weighted by molar-refractivity contribution is 0.0685. The monoisotopic (exact) mass is 281 g/mol. The number of rotatable bonds is 4. The van der Waals surface area contributed by atoms with E-state index in [1.54, 1.807) is 6.07 Å². The minimum atomic E-state index is 0.00336. The van der Waals surface area contributed by atoms with Crippen LogP contribution in [0.2, 0.25) is 5.02 Å². The number of ketones is 1. The number of carbonyl (C=O) groups is 1. The van der Waals surface area contributed by atoms with E-state index in [4.69, 9.17) is 16.3 Å². The molecule has 1 aliphatic heterocycles. The SMILES string of the molecule is CC(=O)c1ccc(N(C)CC2CCOCC2)cc1Cl. The molecule has 0 saturated carbocycles. The van der Waals surface area contributed by atoms with Gasteiger partial charge in [-0.3, -0.25) is 4.79 Å². The Morgan fingerprint density at radius 3 is 2.68 bits per heavy atom. The minimum Gasteiger partial charge on any atom is -0.381 e. The summed E-state index contributed by atoms with van der Waals surface area (Å²) < 4.78 is 5.37. The van der Waals surface area contributed by atoms with E-state index in [-0.39, 0.29) is 5.78 Å². The molecule has 0 aromatic heterocycles. The summed E-state index contributed by atoms with van der Waals surface area (Å²) in [5.41, 5.74) is 1.64. The Morgan fingerprint density at radius 2 is 2.11 bits per heavy atom. The molecule has 0 N–H and O–H groups in total. The molecule has 3 nitrogen and oxygen atoms in total. The second kappa shape index (κ2) is 6.40. The van der Waals surface area contributed by atoms with Gasteiger partial charge in [-0.1, -0.05) is 11.6 Å². The summed E-state index contributed by atoms with van der Waals surface area (Å²) in [5.74, 6) is 0.675. The number of ether oxygens (including phenoxy) is 1. The third kappa shape index (κ3) is 3.71. The first kappa shape index (κ1) is 14.4. The van der Waals surface area contributed by atoms with Crippen molar-refractivity contribution in [1.29, 1.82) is 0 Å². The van der Waals surface area contributed by atoms with Crippen LogP contribution in [-0.2, 0) is 4.74 Å². The Labute approximate surface area is 119 Å². The normalized spacial score (nSPS) is 16.4. The lowest BCUT2D eigenvalue weighted by Gasteiger charge is -2.28. The van der Waals surface area contributed by atoms with Gasteiger partial charge in [-0.05, 0) is 43.9 Å². The van der Waals surface area contributed by atoms with E-state index in [9.17, 15) is 4.79 Å². The standard InChI is InChI=1S/C15H20ClNO2/c1-11(18)14-4-3-13(9-15(14)16)17(2)10-12-5-7-19-8-6-12/h3-4,9,12H,5-8,10H2,1-2H3. The molecule has 1 fully saturated rings. The second-order valence-corrected chi connectivity index (χ2v) is 5.56. The van der Waals surface area contributed by atoms with Crippen LogP contribution in [-0.4, -0.2) is 32.6 Å². The molecule has 1 saturated heterocycles. The Hall–Kier alpha value is -1.06. The van der Waals surface area contributed by atoms with Crippen molar-refractivity contribution < 1.29 is 9.53 Å². The number of benzene rings is 1. The molecule has 0 bridgehead atoms. The van der Waals surface area contributed by atoms with Gasteiger partial charge in [0, 0.05) is 38.1 Å². The van der Waals surface area contributed by atoms with Gasteiger partial charge in [-0.25, -0.2) is 0 Å². The molecular weight excluding hydrogens is 262 g/mol. The van der Waals surface area contributed by atoms with E-state index in [1.807, 2.05) is 12.1 Å². The topological polar surface area (TPSA) is 29.5 Å². The maximum atomic E-state index is 11.4. The molecule has 0 amide bonds. The van der Waals surface area contributed by atoms with Crippen molar-refractivity contribution in [2.24, 2.45) is 5.92 Å². The molecule has 0 unspecified atom stereocenters. The van der Waals surface area contributed by atoms with Crippen LogP contribution in [0.25, 0.3) is 0 Å². The summed E-state index contributed by atoms with van der Waals surface area (Å²) in [4.78, 5) is 13.6. The van der Waals surface area contributed by atoms with E-state index in [0.717, 1.165) is 38.3 Å². The number of hydrogen-bond acceptors (Lipinski definition) is 3. The zero-order valence-electron chi connectivity index (χ0n) is 11.5. The van der Waals surface area contributed by atoms with E-state index in [1.165, 1.54) is 6.92 Å². The van der Waals surface area contributed by atoms with Crippen LogP contribution in [0.4, 0.5) is 5.69 Å². The molecule has 0 aliphatic carbocycles. The number of anilines is 1. The smallest absolute Gasteiger partial charge is 0.161 e. The molecule has 0 spiro atoms. The van der Waals surface area contributed by atoms with Gasteiger partial charge in [0.05, 0.1) is 5.02 Å². The number of Topliss-reactive ketones (excluding diaryl/α,β-unsaturated/α-hetero) is 1. The summed E-state index contributed by atoms with van der Waals surface area (Å²) >= 11 is 6.14. The van der Waals surface area contributed by atoms with Crippen molar-refractivity contribution in [3.8, 4) is 0 Å². The Morgan fingerprint density at radius 1 is 1.42 bits per heavy atom. The van der Waals surface area contributed by atoms with Crippen molar-refractivity contribution in [3.05, 3.63) is 28.8 Å². The number of nitrogens with zero attached hydrogens (tertiary/aromatic N) is 1. The molecule has 2 rings (SSSR count). The number of halogens is 1. The molecule has 1 aliphatic rings. The van der Waals surface area contributed by atoms with E-state index < -0.39 is 0 Å². The van der Waals surface area contributed by atoms with Crippen molar-refractivity contribution >= 4 is 23.1 Å². The fraction of sp³-hybridized carbons (Fsp3) is 0.533. The van der Waals surface area contributed by atoms with Crippen LogP contribution in [0.1, 0.15) is 30.1 Å². The van der Waals surface area contributed by atoms with Crippen LogP contribution >= 0.6 is 11.6 Å². The van der Waals surface area contributed by atoms with Gasteiger partial charge in [-0.2, -0.15) is 0 Å². The van der Waals surface area contributed by atoms with E-state index in [0.29, 0.717) is 16.5 Å². The molecule has 1 heterocycles. The first-order chi connectivity index (χ1) is 9.08. The molecule has 1 aromatic carbocycles. The van der Waals surface area contributed by atoms with Gasteiger partial charge in [0.1, 0.15) is 0 Å². The van der Waals surface area contributed by atoms with Gasteiger partial charge < -0.3 is 9.64 Å². The number of carbonyl (C=O) groups excluding carboxylic acids is 1. The van der Waals surface area contributed by atoms with Crippen LogP contribution in [0, 0.1) is 5.92 Å². The Balaban J connectivity index is 2.04. The van der Waals surface area contributed by atoms with Gasteiger partial charge in [-0.15, -0.1) is 0 Å². The summed E-state index contributed by atoms with van der Waals surface area (Å²) in [6, 6.07) is 5.64. The molecular formula is C15H20ClNO2. The predicted octanol–water partition coefficient (Wildman–Crippen LogP) is 3.41. The highest BCUT2D eigenvalue weighted by Gasteiger charge is 2.16. The lowest BCUT2D eigenvalue weighted by atomic mass is 9.99. The van der Waals surface area contributed by atoms with Crippen molar-refractivity contribution in [3.63, 3.8) is 0 Å².